The second kappa shape index (κ2) is 5.90. The Labute approximate surface area is 132 Å². The standard InChI is InChI=1S/C14H9Br2ClF2/c1-7-3-2-4-8(13(7)16)14(17)9-5-12(19)10(15)6-11(9)18/h2-6,14H,1H3. The Kier molecular flexibility index (Phi) is 4.64. The fourth-order valence-corrected chi connectivity index (χ4v) is 3.06. The van der Waals surface area contributed by atoms with Crippen LogP contribution in [-0.4, -0.2) is 0 Å². The number of hydrogen-bond donors (Lipinski definition) is 0. The van der Waals surface area contributed by atoms with Gasteiger partial charge in [-0.05, 0) is 46.1 Å². The van der Waals surface area contributed by atoms with Crippen molar-refractivity contribution in [3.8, 4) is 0 Å². The first-order chi connectivity index (χ1) is 8.91. The van der Waals surface area contributed by atoms with Gasteiger partial charge in [-0.3, -0.25) is 0 Å². The SMILES string of the molecule is Cc1cccc(C(Cl)c2cc(F)c(Br)cc2F)c1Br. The van der Waals surface area contributed by atoms with E-state index in [0.29, 0.717) is 5.56 Å². The van der Waals surface area contributed by atoms with Crippen molar-refractivity contribution in [2.24, 2.45) is 0 Å². The first-order valence-electron chi connectivity index (χ1n) is 5.45. The van der Waals surface area contributed by atoms with E-state index in [2.05, 4.69) is 31.9 Å². The van der Waals surface area contributed by atoms with Gasteiger partial charge in [0.1, 0.15) is 11.6 Å². The minimum Gasteiger partial charge on any atom is -0.207 e. The first-order valence-corrected chi connectivity index (χ1v) is 7.47. The zero-order chi connectivity index (χ0) is 14.2. The normalized spacial score (nSPS) is 12.5. The molecule has 0 heterocycles. The highest BCUT2D eigenvalue weighted by atomic mass is 79.9. The molecule has 2 aromatic carbocycles. The van der Waals surface area contributed by atoms with Crippen LogP contribution in [0.25, 0.3) is 0 Å². The number of hydrogen-bond acceptors (Lipinski definition) is 0. The summed E-state index contributed by atoms with van der Waals surface area (Å²) in [5.74, 6) is -1.08. The van der Waals surface area contributed by atoms with Crippen LogP contribution in [0.5, 0.6) is 0 Å². The number of rotatable bonds is 2. The quantitative estimate of drug-likeness (QED) is 0.413. The third kappa shape index (κ3) is 3.01. The van der Waals surface area contributed by atoms with E-state index < -0.39 is 17.0 Å². The highest BCUT2D eigenvalue weighted by Crippen LogP contribution is 2.37. The second-order valence-electron chi connectivity index (χ2n) is 4.13. The van der Waals surface area contributed by atoms with E-state index in [9.17, 15) is 8.78 Å². The Morgan fingerprint density at radius 1 is 1.05 bits per heavy atom. The fraction of sp³-hybridized carbons (Fsp3) is 0.143. The number of aryl methyl sites for hydroxylation is 1. The Morgan fingerprint density at radius 2 is 1.74 bits per heavy atom. The summed E-state index contributed by atoms with van der Waals surface area (Å²) in [5, 5.41) is -0.753. The molecule has 0 bridgehead atoms. The molecule has 0 saturated heterocycles. The highest BCUT2D eigenvalue weighted by molar-refractivity contribution is 9.10. The van der Waals surface area contributed by atoms with Crippen LogP contribution in [0.15, 0.2) is 39.3 Å². The molecule has 19 heavy (non-hydrogen) atoms. The lowest BCUT2D eigenvalue weighted by Crippen LogP contribution is -2.00. The van der Waals surface area contributed by atoms with E-state index >= 15 is 0 Å². The third-order valence-corrected chi connectivity index (χ3v) is 4.97. The molecule has 100 valence electrons. The van der Waals surface area contributed by atoms with Crippen LogP contribution in [0, 0.1) is 18.6 Å². The monoisotopic (exact) mass is 408 g/mol. The third-order valence-electron chi connectivity index (χ3n) is 2.81. The fourth-order valence-electron chi connectivity index (χ4n) is 1.77. The molecule has 2 rings (SSSR count). The molecular weight excluding hydrogens is 401 g/mol. The smallest absolute Gasteiger partial charge is 0.137 e. The zero-order valence-electron chi connectivity index (χ0n) is 9.85. The molecule has 1 atom stereocenters. The molecule has 5 heteroatoms. The van der Waals surface area contributed by atoms with Gasteiger partial charge < -0.3 is 0 Å². The van der Waals surface area contributed by atoms with Gasteiger partial charge in [0.15, 0.2) is 0 Å². The van der Waals surface area contributed by atoms with Gasteiger partial charge in [-0.1, -0.05) is 34.1 Å². The molecule has 0 nitrogen and oxygen atoms in total. The zero-order valence-corrected chi connectivity index (χ0v) is 13.8. The van der Waals surface area contributed by atoms with Crippen LogP contribution < -0.4 is 0 Å². The summed E-state index contributed by atoms with van der Waals surface area (Å²) in [4.78, 5) is 0. The summed E-state index contributed by atoms with van der Waals surface area (Å²) >= 11 is 12.7. The van der Waals surface area contributed by atoms with Crippen LogP contribution in [0.2, 0.25) is 0 Å². The molecule has 2 aromatic rings. The predicted molar refractivity (Wildman–Crippen MR) is 80.6 cm³/mol. The molecule has 0 aromatic heterocycles. The molecule has 0 spiro atoms. The highest BCUT2D eigenvalue weighted by Gasteiger charge is 2.20. The van der Waals surface area contributed by atoms with Gasteiger partial charge in [0.2, 0.25) is 0 Å². The Morgan fingerprint density at radius 3 is 2.42 bits per heavy atom. The van der Waals surface area contributed by atoms with E-state index in [-0.39, 0.29) is 10.0 Å². The summed E-state index contributed by atoms with van der Waals surface area (Å²) in [5.41, 5.74) is 1.82. The Hall–Kier alpha value is -0.450. The van der Waals surface area contributed by atoms with Crippen molar-refractivity contribution in [1.29, 1.82) is 0 Å². The van der Waals surface area contributed by atoms with Gasteiger partial charge >= 0.3 is 0 Å². The van der Waals surface area contributed by atoms with Crippen molar-refractivity contribution in [3.05, 3.63) is 67.6 Å². The summed E-state index contributed by atoms with van der Waals surface area (Å²) in [6, 6.07) is 7.73. The van der Waals surface area contributed by atoms with Gasteiger partial charge in [-0.15, -0.1) is 11.6 Å². The van der Waals surface area contributed by atoms with Gasteiger partial charge in [-0.2, -0.15) is 0 Å². The Balaban J connectivity index is 2.53. The lowest BCUT2D eigenvalue weighted by Gasteiger charge is -2.15. The van der Waals surface area contributed by atoms with E-state index in [1.165, 1.54) is 0 Å². The van der Waals surface area contributed by atoms with Crippen molar-refractivity contribution in [3.63, 3.8) is 0 Å². The van der Waals surface area contributed by atoms with Crippen LogP contribution in [0.3, 0.4) is 0 Å². The molecule has 1 unspecified atom stereocenters. The maximum atomic E-state index is 13.9. The maximum Gasteiger partial charge on any atom is 0.137 e. The summed E-state index contributed by atoms with van der Waals surface area (Å²) in [6.07, 6.45) is 0. The van der Waals surface area contributed by atoms with Crippen LogP contribution >= 0.6 is 43.5 Å². The number of alkyl halides is 1. The van der Waals surface area contributed by atoms with E-state index in [0.717, 1.165) is 22.2 Å². The van der Waals surface area contributed by atoms with Gasteiger partial charge in [0.05, 0.1) is 9.85 Å². The van der Waals surface area contributed by atoms with Crippen molar-refractivity contribution in [1.82, 2.24) is 0 Å². The van der Waals surface area contributed by atoms with E-state index in [1.54, 1.807) is 6.07 Å². The lowest BCUT2D eigenvalue weighted by atomic mass is 10.0. The van der Waals surface area contributed by atoms with Crippen molar-refractivity contribution < 1.29 is 8.78 Å². The summed E-state index contributed by atoms with van der Waals surface area (Å²) in [7, 11) is 0. The van der Waals surface area contributed by atoms with Crippen molar-refractivity contribution in [2.75, 3.05) is 0 Å². The molecule has 0 amide bonds. The van der Waals surface area contributed by atoms with Gasteiger partial charge in [0.25, 0.3) is 0 Å². The molecule has 0 aliphatic heterocycles. The molecule has 0 fully saturated rings. The average molecular weight is 410 g/mol. The molecule has 0 N–H and O–H groups in total. The predicted octanol–water partition coefficient (Wildman–Crippen LogP) is 6.13. The number of halogens is 5. The first kappa shape index (κ1) is 14.9. The molecular formula is C14H9Br2ClF2. The topological polar surface area (TPSA) is 0 Å². The largest absolute Gasteiger partial charge is 0.207 e. The Bertz CT molecular complexity index is 629. The minimum atomic E-state index is -0.753. The van der Waals surface area contributed by atoms with Crippen LogP contribution in [0.4, 0.5) is 8.78 Å². The van der Waals surface area contributed by atoms with E-state index in [1.807, 2.05) is 19.1 Å². The van der Waals surface area contributed by atoms with Crippen molar-refractivity contribution in [2.45, 2.75) is 12.3 Å². The summed E-state index contributed by atoms with van der Waals surface area (Å²) < 4.78 is 28.3. The lowest BCUT2D eigenvalue weighted by molar-refractivity contribution is 0.582. The van der Waals surface area contributed by atoms with E-state index in [4.69, 9.17) is 11.6 Å². The minimum absolute atomic E-state index is 0.0842. The van der Waals surface area contributed by atoms with Crippen molar-refractivity contribution >= 4 is 43.5 Å². The molecule has 0 radical (unpaired) electrons. The molecule has 0 saturated carbocycles. The molecule has 0 aliphatic carbocycles. The average Bonchev–Trinajstić information content (AvgIpc) is 2.36. The van der Waals surface area contributed by atoms with Crippen LogP contribution in [0.1, 0.15) is 22.1 Å². The van der Waals surface area contributed by atoms with Crippen LogP contribution in [-0.2, 0) is 0 Å². The van der Waals surface area contributed by atoms with Gasteiger partial charge in [-0.25, -0.2) is 8.78 Å². The second-order valence-corrected chi connectivity index (χ2v) is 6.21. The maximum absolute atomic E-state index is 13.9. The molecule has 0 aliphatic rings. The van der Waals surface area contributed by atoms with Gasteiger partial charge in [0, 0.05) is 10.0 Å². The number of benzene rings is 2. The summed E-state index contributed by atoms with van der Waals surface area (Å²) in [6.45, 7) is 1.91.